The number of nitrogens with zero attached hydrogens (tertiary/aromatic N) is 3. The number of likely N-dealkylation sites (N-methyl/N-ethyl adjacent to an activating group) is 3. The summed E-state index contributed by atoms with van der Waals surface area (Å²) in [6.45, 7) is 9.77. The average Bonchev–Trinajstić information content (AvgIpc) is 3.29. The highest BCUT2D eigenvalue weighted by molar-refractivity contribution is 5.93. The molecule has 0 aromatic heterocycles. The molecule has 2 aromatic rings. The molecule has 3 amide bonds. The normalized spacial score (nSPS) is 17.0. The highest BCUT2D eigenvalue weighted by Crippen LogP contribution is 2.24. The molecule has 1 aliphatic heterocycles. The molecule has 0 spiro atoms. The summed E-state index contributed by atoms with van der Waals surface area (Å²) in [4.78, 5) is 112. The Bertz CT molecular complexity index is 1910. The molecule has 8 atom stereocenters. The van der Waals surface area contributed by atoms with Crippen LogP contribution in [0.3, 0.4) is 0 Å². The molecule has 1 aliphatic rings. The van der Waals surface area contributed by atoms with Crippen LogP contribution >= 0.6 is 0 Å². The average molecular weight is 909 g/mol. The minimum atomic E-state index is -1.46. The summed E-state index contributed by atoms with van der Waals surface area (Å²) < 4.78 is 22.4. The number of hydrogen-bond donors (Lipinski definition) is 2. The second-order valence-electron chi connectivity index (χ2n) is 17.0. The van der Waals surface area contributed by atoms with Crippen LogP contribution in [0.2, 0.25) is 0 Å². The van der Waals surface area contributed by atoms with Crippen LogP contribution in [-0.4, -0.2) is 144 Å². The first-order valence-electron chi connectivity index (χ1n) is 22.4. The van der Waals surface area contributed by atoms with Gasteiger partial charge in [-0.1, -0.05) is 94.3 Å². The number of carboxylic acid groups (broad SMARTS) is 1. The van der Waals surface area contributed by atoms with E-state index >= 15 is 0 Å². The van der Waals surface area contributed by atoms with Crippen molar-refractivity contribution in [2.45, 2.75) is 148 Å². The highest BCUT2D eigenvalue weighted by atomic mass is 16.6. The van der Waals surface area contributed by atoms with Crippen LogP contribution in [0.4, 0.5) is 0 Å². The van der Waals surface area contributed by atoms with Crippen molar-refractivity contribution < 1.29 is 62.4 Å². The Balaban J connectivity index is 1.86. The zero-order chi connectivity index (χ0) is 48.4. The summed E-state index contributed by atoms with van der Waals surface area (Å²) in [7, 11) is 4.38. The van der Waals surface area contributed by atoms with Crippen LogP contribution in [0, 0.1) is 5.92 Å². The van der Waals surface area contributed by atoms with Crippen molar-refractivity contribution in [2.24, 2.45) is 5.92 Å². The number of hydrogen-bond acceptors (Lipinski definition) is 13. The molecule has 2 aromatic carbocycles. The largest absolute Gasteiger partial charge is 0.479 e. The summed E-state index contributed by atoms with van der Waals surface area (Å²) in [6, 6.07) is 13.4. The van der Waals surface area contributed by atoms with Gasteiger partial charge in [-0.2, -0.15) is 0 Å². The molecule has 1 fully saturated rings. The van der Waals surface area contributed by atoms with Gasteiger partial charge in [0.2, 0.25) is 0 Å². The topological polar surface area (TPSA) is 215 Å². The van der Waals surface area contributed by atoms with Gasteiger partial charge in [-0.3, -0.25) is 19.2 Å². The Morgan fingerprint density at radius 3 is 1.75 bits per heavy atom. The molecule has 0 saturated carbocycles. The van der Waals surface area contributed by atoms with Crippen LogP contribution in [0.15, 0.2) is 60.7 Å². The van der Waals surface area contributed by atoms with Gasteiger partial charge in [0.1, 0.15) is 24.2 Å². The van der Waals surface area contributed by atoms with Gasteiger partial charge in [-0.25, -0.2) is 19.2 Å². The van der Waals surface area contributed by atoms with Gasteiger partial charge in [-0.05, 0) is 77.0 Å². The second-order valence-corrected chi connectivity index (χ2v) is 17.0. The third-order valence-corrected chi connectivity index (χ3v) is 11.4. The standard InChI is InChI=1S/C48H68N4O13/c1-10-11-24-36(49-7)45(58)62-31(4)41(53)51(9)39(28-34-20-14-12-15-21-34)47(60)63-32(5)42(54)50(8)38(27-30(2)3)48(61)65-40(29-35-22-16-13-17-23-35)43(55)52-26-19-18-25-37(52)46(59)64-33(6)44(56)57/h12-17,20-23,30-33,36-40,49H,10-11,18-19,24-29H2,1-9H3,(H,56,57)/t31-,32-,33-,36+,37+,38+,39+,40-/m1/s1. The fourth-order valence-corrected chi connectivity index (χ4v) is 7.51. The lowest BCUT2D eigenvalue weighted by Crippen LogP contribution is -2.55. The minimum Gasteiger partial charge on any atom is -0.479 e. The lowest BCUT2D eigenvalue weighted by Gasteiger charge is -2.37. The van der Waals surface area contributed by atoms with Crippen LogP contribution in [0.25, 0.3) is 0 Å². The van der Waals surface area contributed by atoms with Gasteiger partial charge in [0, 0.05) is 33.5 Å². The fraction of sp³-hybridized carbons (Fsp3) is 0.583. The lowest BCUT2D eigenvalue weighted by atomic mass is 9.99. The van der Waals surface area contributed by atoms with Crippen LogP contribution in [-0.2, 0) is 70.1 Å². The number of carboxylic acids is 1. The van der Waals surface area contributed by atoms with E-state index in [4.69, 9.17) is 18.9 Å². The molecule has 3 rings (SSSR count). The van der Waals surface area contributed by atoms with E-state index in [9.17, 15) is 43.5 Å². The summed E-state index contributed by atoms with van der Waals surface area (Å²) >= 11 is 0. The molecule has 17 nitrogen and oxygen atoms in total. The zero-order valence-corrected chi connectivity index (χ0v) is 39.2. The first-order chi connectivity index (χ1) is 30.8. The maximum atomic E-state index is 14.4. The number of amides is 3. The lowest BCUT2D eigenvalue weighted by molar-refractivity contribution is -0.175. The van der Waals surface area contributed by atoms with E-state index in [2.05, 4.69) is 5.32 Å². The third kappa shape index (κ3) is 16.0. The SMILES string of the molecule is CCCC[C@H](NC)C(=O)O[C@H](C)C(=O)N(C)[C@@H](Cc1ccccc1)C(=O)O[C@H](C)C(=O)N(C)[C@@H](CC(C)C)C(=O)O[C@H](Cc1ccccc1)C(=O)N1CCCC[C@H]1C(=O)O[C@H](C)C(=O)O. The van der Waals surface area contributed by atoms with E-state index in [1.54, 1.807) is 67.7 Å². The summed E-state index contributed by atoms with van der Waals surface area (Å²) in [5.74, 6) is -6.95. The molecule has 65 heavy (non-hydrogen) atoms. The number of esters is 4. The molecule has 0 radical (unpaired) electrons. The summed E-state index contributed by atoms with van der Waals surface area (Å²) in [5.41, 5.74) is 1.33. The molecule has 1 heterocycles. The Kier molecular flexibility index (Phi) is 21.6. The Labute approximate surface area is 382 Å². The van der Waals surface area contributed by atoms with Crippen LogP contribution in [0.5, 0.6) is 0 Å². The molecule has 0 aliphatic carbocycles. The third-order valence-electron chi connectivity index (χ3n) is 11.4. The first kappa shape index (κ1) is 53.5. The molecular formula is C48H68N4O13. The van der Waals surface area contributed by atoms with E-state index in [0.29, 0.717) is 30.4 Å². The fourth-order valence-electron chi connectivity index (χ4n) is 7.51. The predicted octanol–water partition coefficient (Wildman–Crippen LogP) is 4.12. The molecule has 2 N–H and O–H groups in total. The van der Waals surface area contributed by atoms with Crippen molar-refractivity contribution in [1.82, 2.24) is 20.0 Å². The van der Waals surface area contributed by atoms with Gasteiger partial charge in [0.15, 0.2) is 24.4 Å². The summed E-state index contributed by atoms with van der Waals surface area (Å²) in [6.07, 6.45) is -2.11. The number of aliphatic carboxylic acids is 1. The van der Waals surface area contributed by atoms with Crippen molar-refractivity contribution in [3.05, 3.63) is 71.8 Å². The number of ether oxygens (including phenoxy) is 4. The zero-order valence-electron chi connectivity index (χ0n) is 39.2. The molecule has 358 valence electrons. The minimum absolute atomic E-state index is 0.00227. The number of benzene rings is 2. The molecular weight excluding hydrogens is 841 g/mol. The van der Waals surface area contributed by atoms with Gasteiger partial charge in [0.25, 0.3) is 17.7 Å². The van der Waals surface area contributed by atoms with Crippen LogP contribution < -0.4 is 5.32 Å². The van der Waals surface area contributed by atoms with E-state index in [1.807, 2.05) is 20.8 Å². The maximum absolute atomic E-state index is 14.4. The number of unbranched alkanes of at least 4 members (excludes halogenated alkanes) is 1. The number of carbonyl (C=O) groups is 8. The predicted molar refractivity (Wildman–Crippen MR) is 239 cm³/mol. The maximum Gasteiger partial charge on any atom is 0.344 e. The number of carbonyl (C=O) groups excluding carboxylic acids is 7. The smallest absolute Gasteiger partial charge is 0.344 e. The highest BCUT2D eigenvalue weighted by Gasteiger charge is 2.42. The monoisotopic (exact) mass is 908 g/mol. The molecule has 17 heteroatoms. The number of nitrogens with one attached hydrogen (secondary N) is 1. The molecule has 0 bridgehead atoms. The van der Waals surface area contributed by atoms with E-state index in [-0.39, 0.29) is 38.1 Å². The Morgan fingerprint density at radius 1 is 0.708 bits per heavy atom. The summed E-state index contributed by atoms with van der Waals surface area (Å²) in [5, 5.41) is 12.3. The Hall–Kier alpha value is -5.84. The number of likely N-dealkylation sites (tertiary alicyclic amines) is 1. The van der Waals surface area contributed by atoms with Crippen molar-refractivity contribution >= 4 is 47.6 Å². The van der Waals surface area contributed by atoms with E-state index in [1.165, 1.54) is 39.8 Å². The quantitative estimate of drug-likeness (QED) is 0.112. The van der Waals surface area contributed by atoms with E-state index in [0.717, 1.165) is 22.6 Å². The molecule has 0 unspecified atom stereocenters. The van der Waals surface area contributed by atoms with Gasteiger partial charge in [0.05, 0.1) is 0 Å². The van der Waals surface area contributed by atoms with Crippen LogP contribution in [0.1, 0.15) is 97.6 Å². The van der Waals surface area contributed by atoms with Crippen molar-refractivity contribution in [1.29, 1.82) is 0 Å². The number of rotatable bonds is 24. The van der Waals surface area contributed by atoms with Gasteiger partial charge in [-0.15, -0.1) is 0 Å². The Morgan fingerprint density at radius 2 is 1.23 bits per heavy atom. The van der Waals surface area contributed by atoms with E-state index < -0.39 is 96.2 Å². The first-order valence-corrected chi connectivity index (χ1v) is 22.4. The van der Waals surface area contributed by atoms with Gasteiger partial charge < -0.3 is 44.1 Å². The van der Waals surface area contributed by atoms with Gasteiger partial charge >= 0.3 is 29.8 Å². The second kappa shape index (κ2) is 26.2. The van der Waals surface area contributed by atoms with Crippen molar-refractivity contribution in [3.63, 3.8) is 0 Å². The van der Waals surface area contributed by atoms with Crippen molar-refractivity contribution in [3.8, 4) is 0 Å². The number of piperidine rings is 1. The van der Waals surface area contributed by atoms with Crippen molar-refractivity contribution in [2.75, 3.05) is 27.7 Å². The molecule has 1 saturated heterocycles.